The van der Waals surface area contributed by atoms with Gasteiger partial charge in [0, 0.05) is 24.2 Å². The number of benzene rings is 4. The third-order valence-corrected chi connectivity index (χ3v) is 6.63. The zero-order chi connectivity index (χ0) is 28.2. The van der Waals surface area contributed by atoms with Gasteiger partial charge in [0.25, 0.3) is 5.91 Å². The molecule has 0 bridgehead atoms. The molecule has 1 N–H and O–H groups in total. The lowest BCUT2D eigenvalue weighted by Gasteiger charge is -2.31. The van der Waals surface area contributed by atoms with Crippen LogP contribution in [0.3, 0.4) is 0 Å². The maximum Gasteiger partial charge on any atom is 0.329 e. The van der Waals surface area contributed by atoms with Crippen LogP contribution in [0.2, 0.25) is 0 Å². The Balaban J connectivity index is 1.28. The lowest BCUT2D eigenvalue weighted by Crippen LogP contribution is -2.44. The van der Waals surface area contributed by atoms with E-state index in [1.54, 1.807) is 0 Å². The first-order valence-electron chi connectivity index (χ1n) is 13.7. The molecule has 0 aliphatic rings. The predicted octanol–water partition coefficient (Wildman–Crippen LogP) is 6.16. The van der Waals surface area contributed by atoms with E-state index in [-0.39, 0.29) is 11.9 Å². The van der Waals surface area contributed by atoms with Crippen LogP contribution in [0.5, 0.6) is 5.75 Å². The van der Waals surface area contributed by atoms with E-state index in [0.29, 0.717) is 44.0 Å². The van der Waals surface area contributed by atoms with Gasteiger partial charge in [-0.2, -0.15) is 0 Å². The van der Waals surface area contributed by atoms with Gasteiger partial charge >= 0.3 is 5.97 Å². The van der Waals surface area contributed by atoms with Gasteiger partial charge < -0.3 is 19.7 Å². The van der Waals surface area contributed by atoms with Crippen molar-refractivity contribution in [3.8, 4) is 16.9 Å². The van der Waals surface area contributed by atoms with Crippen molar-refractivity contribution >= 4 is 17.6 Å². The van der Waals surface area contributed by atoms with Crippen LogP contribution in [-0.2, 0) is 16.0 Å². The average Bonchev–Trinajstić information content (AvgIpc) is 3.01. The van der Waals surface area contributed by atoms with Crippen LogP contribution in [0.25, 0.3) is 11.1 Å². The molecular weight excluding hydrogens is 500 g/mol. The van der Waals surface area contributed by atoms with Crippen LogP contribution in [0, 0.1) is 0 Å². The molecule has 4 aromatic carbocycles. The third kappa shape index (κ3) is 7.73. The maximum absolute atomic E-state index is 12.9. The van der Waals surface area contributed by atoms with Crippen LogP contribution >= 0.6 is 0 Å². The normalized spacial score (nSPS) is 11.3. The maximum atomic E-state index is 12.9. The number of esters is 1. The van der Waals surface area contributed by atoms with Crippen LogP contribution < -0.4 is 15.0 Å². The molecule has 1 amide bonds. The summed E-state index contributed by atoms with van der Waals surface area (Å²) in [6.45, 7) is 5.60. The molecule has 0 saturated carbocycles. The topological polar surface area (TPSA) is 67.9 Å². The van der Waals surface area contributed by atoms with Gasteiger partial charge in [0.1, 0.15) is 18.4 Å². The van der Waals surface area contributed by atoms with Gasteiger partial charge in [0.15, 0.2) is 0 Å². The molecule has 206 valence electrons. The quantitative estimate of drug-likeness (QED) is 0.164. The molecule has 0 heterocycles. The van der Waals surface area contributed by atoms with Gasteiger partial charge in [-0.25, -0.2) is 4.79 Å². The molecule has 40 heavy (non-hydrogen) atoms. The first-order valence-corrected chi connectivity index (χ1v) is 13.7. The molecule has 6 heteroatoms. The van der Waals surface area contributed by atoms with Crippen molar-refractivity contribution in [2.45, 2.75) is 26.3 Å². The summed E-state index contributed by atoms with van der Waals surface area (Å²) >= 11 is 0. The first-order chi connectivity index (χ1) is 19.6. The van der Waals surface area contributed by atoms with Crippen LogP contribution in [-0.4, -0.2) is 44.2 Å². The molecule has 0 spiro atoms. The second-order valence-corrected chi connectivity index (χ2v) is 9.29. The SMILES string of the molecule is CCOC(=O)C(Cc1ccc(OCCNC(=O)c2ccc(-c3ccccc3)cc2)cc1)N(CC)c1ccccc1. The summed E-state index contributed by atoms with van der Waals surface area (Å²) in [6, 6.07) is 34.8. The Morgan fingerprint density at radius 3 is 2.02 bits per heavy atom. The Morgan fingerprint density at radius 1 is 0.775 bits per heavy atom. The number of anilines is 1. The Bertz CT molecular complexity index is 1340. The summed E-state index contributed by atoms with van der Waals surface area (Å²) in [5.41, 5.74) is 4.78. The minimum absolute atomic E-state index is 0.137. The lowest BCUT2D eigenvalue weighted by molar-refractivity contribution is -0.144. The van der Waals surface area contributed by atoms with Crippen molar-refractivity contribution in [1.29, 1.82) is 0 Å². The number of nitrogens with one attached hydrogen (secondary N) is 1. The number of amides is 1. The number of carbonyl (C=O) groups is 2. The van der Waals surface area contributed by atoms with Crippen molar-refractivity contribution in [3.05, 3.63) is 120 Å². The van der Waals surface area contributed by atoms with Crippen molar-refractivity contribution < 1.29 is 19.1 Å². The molecule has 6 nitrogen and oxygen atoms in total. The van der Waals surface area contributed by atoms with Gasteiger partial charge in [-0.05, 0) is 66.9 Å². The zero-order valence-corrected chi connectivity index (χ0v) is 23.1. The first kappa shape index (κ1) is 28.4. The molecule has 1 atom stereocenters. The van der Waals surface area contributed by atoms with Crippen molar-refractivity contribution in [1.82, 2.24) is 5.32 Å². The highest BCUT2D eigenvalue weighted by Gasteiger charge is 2.27. The van der Waals surface area contributed by atoms with E-state index < -0.39 is 6.04 Å². The fraction of sp³-hybridized carbons (Fsp3) is 0.235. The van der Waals surface area contributed by atoms with Gasteiger partial charge in [-0.15, -0.1) is 0 Å². The second kappa shape index (κ2) is 14.5. The zero-order valence-electron chi connectivity index (χ0n) is 23.1. The highest BCUT2D eigenvalue weighted by molar-refractivity contribution is 5.94. The summed E-state index contributed by atoms with van der Waals surface area (Å²) in [7, 11) is 0. The average molecular weight is 537 g/mol. The number of hydrogen-bond acceptors (Lipinski definition) is 5. The molecule has 1 unspecified atom stereocenters. The van der Waals surface area contributed by atoms with E-state index in [0.717, 1.165) is 22.4 Å². The molecule has 4 aromatic rings. The molecule has 0 radical (unpaired) electrons. The van der Waals surface area contributed by atoms with Crippen LogP contribution in [0.1, 0.15) is 29.8 Å². The summed E-state index contributed by atoms with van der Waals surface area (Å²) in [5.74, 6) is 0.328. The van der Waals surface area contributed by atoms with Crippen molar-refractivity contribution in [2.75, 3.05) is 31.2 Å². The monoisotopic (exact) mass is 536 g/mol. The highest BCUT2D eigenvalue weighted by atomic mass is 16.5. The summed E-state index contributed by atoms with van der Waals surface area (Å²) in [6.07, 6.45) is 0.515. The largest absolute Gasteiger partial charge is 0.492 e. The summed E-state index contributed by atoms with van der Waals surface area (Å²) in [5, 5.41) is 2.90. The van der Waals surface area contributed by atoms with Gasteiger partial charge in [0.2, 0.25) is 0 Å². The van der Waals surface area contributed by atoms with Crippen molar-refractivity contribution in [2.24, 2.45) is 0 Å². The summed E-state index contributed by atoms with van der Waals surface area (Å²) in [4.78, 5) is 27.5. The number of rotatable bonds is 13. The molecular formula is C34H36N2O4. The minimum Gasteiger partial charge on any atom is -0.492 e. The van der Waals surface area contributed by atoms with Gasteiger partial charge in [0.05, 0.1) is 13.2 Å². The number of ether oxygens (including phenoxy) is 2. The highest BCUT2D eigenvalue weighted by Crippen LogP contribution is 2.22. The van der Waals surface area contributed by atoms with E-state index in [1.165, 1.54) is 0 Å². The number of hydrogen-bond donors (Lipinski definition) is 1. The Hall–Kier alpha value is -4.58. The number of likely N-dealkylation sites (N-methyl/N-ethyl adjacent to an activating group) is 1. The lowest BCUT2D eigenvalue weighted by atomic mass is 10.0. The Kier molecular flexibility index (Phi) is 10.3. The second-order valence-electron chi connectivity index (χ2n) is 9.29. The van der Waals surface area contributed by atoms with E-state index >= 15 is 0 Å². The van der Waals surface area contributed by atoms with Gasteiger partial charge in [-0.1, -0.05) is 72.8 Å². The number of para-hydroxylation sites is 1. The van der Waals surface area contributed by atoms with Gasteiger partial charge in [-0.3, -0.25) is 4.79 Å². The fourth-order valence-corrected chi connectivity index (χ4v) is 4.59. The number of carbonyl (C=O) groups excluding carboxylic acids is 2. The Labute approximate surface area is 236 Å². The molecule has 4 rings (SSSR count). The fourth-order valence-electron chi connectivity index (χ4n) is 4.59. The third-order valence-electron chi connectivity index (χ3n) is 6.63. The molecule has 0 aromatic heterocycles. The molecule has 0 fully saturated rings. The molecule has 0 aliphatic heterocycles. The Morgan fingerprint density at radius 2 is 1.40 bits per heavy atom. The minimum atomic E-state index is -0.434. The summed E-state index contributed by atoms with van der Waals surface area (Å²) < 4.78 is 11.2. The van der Waals surface area contributed by atoms with Crippen LogP contribution in [0.4, 0.5) is 5.69 Å². The smallest absolute Gasteiger partial charge is 0.329 e. The van der Waals surface area contributed by atoms with E-state index in [2.05, 4.69) is 10.2 Å². The molecule has 0 aliphatic carbocycles. The predicted molar refractivity (Wildman–Crippen MR) is 160 cm³/mol. The van der Waals surface area contributed by atoms with E-state index in [4.69, 9.17) is 9.47 Å². The van der Waals surface area contributed by atoms with E-state index in [9.17, 15) is 9.59 Å². The molecule has 0 saturated heterocycles. The van der Waals surface area contributed by atoms with Crippen LogP contribution in [0.15, 0.2) is 109 Å². The number of nitrogens with zero attached hydrogens (tertiary/aromatic N) is 1. The standard InChI is InChI=1S/C34H36N2O4/c1-3-36(30-13-9-6-10-14-30)32(34(38)39-4-2)25-26-15-21-31(22-16-26)40-24-23-35-33(37)29-19-17-28(18-20-29)27-11-7-5-8-12-27/h5-22,32H,3-4,23-25H2,1-2H3,(H,35,37). The van der Waals surface area contributed by atoms with E-state index in [1.807, 2.05) is 123 Å². The van der Waals surface area contributed by atoms with Crippen molar-refractivity contribution in [3.63, 3.8) is 0 Å².